The number of rotatable bonds is 1. The number of hydrogen-bond acceptors (Lipinski definition) is 1. The lowest BCUT2D eigenvalue weighted by Gasteiger charge is -2.31. The van der Waals surface area contributed by atoms with Crippen molar-refractivity contribution in [2.45, 2.75) is 21.6 Å². The Hall–Kier alpha value is -2.19. The van der Waals surface area contributed by atoms with Gasteiger partial charge in [0.05, 0.1) is 0 Å². The monoisotopic (exact) mass is 292 g/mol. The van der Waals surface area contributed by atoms with Gasteiger partial charge in [-0.15, -0.1) is 0 Å². The second-order valence-electron chi connectivity index (χ2n) is 5.21. The Morgan fingerprint density at radius 2 is 1.19 bits per heavy atom. The third kappa shape index (κ3) is 2.12. The molecule has 104 valence electrons. The maximum Gasteiger partial charge on any atom is 0.139 e. The molecule has 21 heavy (non-hydrogen) atoms. The molecule has 0 saturated carbocycles. The van der Waals surface area contributed by atoms with Crippen LogP contribution in [0.4, 0.5) is 0 Å². The van der Waals surface area contributed by atoms with Gasteiger partial charge in [0, 0.05) is 9.79 Å². The van der Waals surface area contributed by atoms with E-state index in [-0.39, 0.29) is 0 Å². The second kappa shape index (κ2) is 4.97. The van der Waals surface area contributed by atoms with Gasteiger partial charge in [0.15, 0.2) is 0 Å². The highest BCUT2D eigenvalue weighted by Crippen LogP contribution is 2.61. The molecule has 2 heteroatoms. The second-order valence-corrected chi connectivity index (χ2v) is 7.36. The molecule has 3 aromatic rings. The van der Waals surface area contributed by atoms with Crippen LogP contribution in [0.15, 0.2) is 87.5 Å². The molecule has 1 nitrogen and oxygen atoms in total. The molecule has 0 aliphatic carbocycles. The molecule has 0 radical (unpaired) electrons. The summed E-state index contributed by atoms with van der Waals surface area (Å²) in [4.78, 5) is 3.98. The minimum absolute atomic E-state index is 0.536. The van der Waals surface area contributed by atoms with Crippen molar-refractivity contribution in [1.82, 2.24) is 0 Å². The largest absolute Gasteiger partial charge is 0.455 e. The van der Waals surface area contributed by atoms with Gasteiger partial charge in [-0.1, -0.05) is 42.0 Å². The summed E-state index contributed by atoms with van der Waals surface area (Å²) in [6.45, 7) is 2.13. The minimum atomic E-state index is -0.536. The molecule has 3 aromatic carbocycles. The van der Waals surface area contributed by atoms with Gasteiger partial charge in [0.2, 0.25) is 0 Å². The number of ether oxygens (including phenoxy) is 1. The first kappa shape index (κ1) is 12.5. The highest BCUT2D eigenvalue weighted by atomic mass is 32.2. The maximum absolute atomic E-state index is 6.07. The fourth-order valence-electron chi connectivity index (χ4n) is 2.68. The van der Waals surface area contributed by atoms with Crippen LogP contribution in [-0.4, -0.2) is 0 Å². The van der Waals surface area contributed by atoms with E-state index >= 15 is 0 Å². The number of benzene rings is 3. The van der Waals surface area contributed by atoms with Crippen LogP contribution in [0.1, 0.15) is 5.56 Å². The predicted octanol–water partition coefficient (Wildman–Crippen LogP) is 5.58. The van der Waals surface area contributed by atoms with Gasteiger partial charge in [-0.05, 0) is 48.2 Å². The molecule has 0 atom stereocenters. The van der Waals surface area contributed by atoms with Crippen LogP contribution in [0.2, 0.25) is 0 Å². The molecule has 0 aromatic heterocycles. The van der Waals surface area contributed by atoms with E-state index in [2.05, 4.69) is 67.6 Å². The Bertz CT molecular complexity index is 747. The Balaban J connectivity index is 1.95. The van der Waals surface area contributed by atoms with Gasteiger partial charge in [-0.3, -0.25) is 0 Å². The number of thiol groups is 1. The van der Waals surface area contributed by atoms with E-state index in [1.807, 2.05) is 12.1 Å². The van der Waals surface area contributed by atoms with Crippen molar-refractivity contribution in [2.75, 3.05) is 0 Å². The lowest BCUT2D eigenvalue weighted by molar-refractivity contribution is 0.453. The summed E-state index contributed by atoms with van der Waals surface area (Å²) in [7, 11) is -0.536. The SMILES string of the molecule is Cc1ccc([SH]2c3ccccc3Oc3ccccc32)cc1. The van der Waals surface area contributed by atoms with E-state index in [0.717, 1.165) is 11.5 Å². The lowest BCUT2D eigenvalue weighted by Crippen LogP contribution is -2.00. The van der Waals surface area contributed by atoms with E-state index in [0.29, 0.717) is 0 Å². The first-order chi connectivity index (χ1) is 10.3. The fraction of sp³-hybridized carbons (Fsp3) is 0.0526. The normalized spacial score (nSPS) is 14.0. The van der Waals surface area contributed by atoms with E-state index in [4.69, 9.17) is 4.74 Å². The fourth-order valence-corrected chi connectivity index (χ4v) is 5.09. The predicted molar refractivity (Wildman–Crippen MR) is 87.9 cm³/mol. The van der Waals surface area contributed by atoms with Gasteiger partial charge < -0.3 is 4.74 Å². The Labute approximate surface area is 127 Å². The molecule has 0 N–H and O–H groups in total. The molecule has 0 amide bonds. The number of hydrogen-bond donors (Lipinski definition) is 1. The molecule has 0 fully saturated rings. The summed E-state index contributed by atoms with van der Waals surface area (Å²) in [6, 6.07) is 25.7. The Kier molecular flexibility index (Phi) is 2.97. The summed E-state index contributed by atoms with van der Waals surface area (Å²) in [5.41, 5.74) is 1.29. The molecule has 0 unspecified atom stereocenters. The van der Waals surface area contributed by atoms with Crippen molar-refractivity contribution in [1.29, 1.82) is 0 Å². The summed E-state index contributed by atoms with van der Waals surface area (Å²) < 4.78 is 6.07. The van der Waals surface area contributed by atoms with Crippen LogP contribution in [0, 0.1) is 6.92 Å². The van der Waals surface area contributed by atoms with Gasteiger partial charge >= 0.3 is 0 Å². The Morgan fingerprint density at radius 3 is 1.76 bits per heavy atom. The number of aryl methyl sites for hydroxylation is 1. The standard InChI is InChI=1S/C19H16OS/c1-14-10-12-15(13-11-14)21-18-8-4-2-6-16(18)20-17-7-3-5-9-19(17)21/h2-13,21H,1H3. The van der Waals surface area contributed by atoms with Crippen LogP contribution >= 0.6 is 10.9 Å². The van der Waals surface area contributed by atoms with E-state index < -0.39 is 10.9 Å². The van der Waals surface area contributed by atoms with E-state index in [1.165, 1.54) is 20.2 Å². The minimum Gasteiger partial charge on any atom is -0.455 e. The molecule has 1 aliphatic heterocycles. The van der Waals surface area contributed by atoms with Crippen molar-refractivity contribution < 1.29 is 4.74 Å². The van der Waals surface area contributed by atoms with E-state index in [9.17, 15) is 0 Å². The highest BCUT2D eigenvalue weighted by molar-refractivity contribution is 8.17. The molecule has 0 bridgehead atoms. The molecular formula is C19H16OS. The zero-order valence-electron chi connectivity index (χ0n) is 11.8. The molecule has 1 heterocycles. The number of fused-ring (bicyclic) bond motifs is 2. The van der Waals surface area contributed by atoms with Crippen LogP contribution in [0.5, 0.6) is 11.5 Å². The topological polar surface area (TPSA) is 9.23 Å². The van der Waals surface area contributed by atoms with Gasteiger partial charge in [-0.25, -0.2) is 0 Å². The third-order valence-corrected chi connectivity index (χ3v) is 6.24. The van der Waals surface area contributed by atoms with Gasteiger partial charge in [-0.2, -0.15) is 10.9 Å². The summed E-state index contributed by atoms with van der Waals surface area (Å²) in [5, 5.41) is 0. The van der Waals surface area contributed by atoms with Crippen molar-refractivity contribution in [3.05, 3.63) is 78.4 Å². The lowest BCUT2D eigenvalue weighted by atomic mass is 10.2. The molecule has 1 aliphatic rings. The van der Waals surface area contributed by atoms with Crippen molar-refractivity contribution in [3.63, 3.8) is 0 Å². The smallest absolute Gasteiger partial charge is 0.139 e. The molecular weight excluding hydrogens is 276 g/mol. The molecule has 0 spiro atoms. The van der Waals surface area contributed by atoms with Crippen molar-refractivity contribution in [3.8, 4) is 11.5 Å². The van der Waals surface area contributed by atoms with Crippen molar-refractivity contribution >= 4 is 10.9 Å². The highest BCUT2D eigenvalue weighted by Gasteiger charge is 2.24. The van der Waals surface area contributed by atoms with Crippen LogP contribution in [0.3, 0.4) is 0 Å². The quantitative estimate of drug-likeness (QED) is 0.451. The van der Waals surface area contributed by atoms with Crippen LogP contribution < -0.4 is 4.74 Å². The summed E-state index contributed by atoms with van der Waals surface area (Å²) in [6.07, 6.45) is 0. The molecule has 0 saturated heterocycles. The zero-order valence-corrected chi connectivity index (χ0v) is 12.7. The maximum atomic E-state index is 6.07. The summed E-state index contributed by atoms with van der Waals surface area (Å²) >= 11 is 0. The van der Waals surface area contributed by atoms with Crippen molar-refractivity contribution in [2.24, 2.45) is 0 Å². The average Bonchev–Trinajstić information content (AvgIpc) is 2.53. The third-order valence-electron chi connectivity index (χ3n) is 3.72. The Morgan fingerprint density at radius 1 is 0.667 bits per heavy atom. The zero-order chi connectivity index (χ0) is 14.2. The first-order valence-corrected chi connectivity index (χ1v) is 8.40. The van der Waals surface area contributed by atoms with Gasteiger partial charge in [0.25, 0.3) is 0 Å². The number of para-hydroxylation sites is 2. The summed E-state index contributed by atoms with van der Waals surface area (Å²) in [5.74, 6) is 1.98. The molecule has 4 rings (SSSR count). The van der Waals surface area contributed by atoms with Crippen LogP contribution in [0.25, 0.3) is 0 Å². The van der Waals surface area contributed by atoms with E-state index in [1.54, 1.807) is 0 Å². The first-order valence-electron chi connectivity index (χ1n) is 7.06. The average molecular weight is 292 g/mol. The van der Waals surface area contributed by atoms with Gasteiger partial charge in [0.1, 0.15) is 11.5 Å². The van der Waals surface area contributed by atoms with Crippen LogP contribution in [-0.2, 0) is 0 Å².